The maximum absolute atomic E-state index is 11.9. The van der Waals surface area contributed by atoms with Gasteiger partial charge < -0.3 is 9.90 Å². The first-order valence-corrected chi connectivity index (χ1v) is 5.62. The summed E-state index contributed by atoms with van der Waals surface area (Å²) in [6, 6.07) is -1.15. The monoisotopic (exact) mass is 224 g/mol. The summed E-state index contributed by atoms with van der Waals surface area (Å²) in [4.78, 5) is 35.4. The van der Waals surface area contributed by atoms with Crippen LogP contribution in [0.5, 0.6) is 0 Å². The SMILES string of the molecule is CC(C(=O)[O-])N1C(=O)C2CCCCC2C1=O. The largest absolute Gasteiger partial charge is 0.548 e. The van der Waals surface area contributed by atoms with E-state index in [0.29, 0.717) is 12.8 Å². The van der Waals surface area contributed by atoms with Gasteiger partial charge in [0.25, 0.3) is 0 Å². The molecule has 5 heteroatoms. The maximum atomic E-state index is 11.9. The number of likely N-dealkylation sites (tertiary alicyclic amines) is 1. The van der Waals surface area contributed by atoms with Crippen molar-refractivity contribution < 1.29 is 19.5 Å². The van der Waals surface area contributed by atoms with Crippen molar-refractivity contribution in [3.8, 4) is 0 Å². The van der Waals surface area contributed by atoms with E-state index in [4.69, 9.17) is 0 Å². The molecule has 1 aliphatic heterocycles. The summed E-state index contributed by atoms with van der Waals surface area (Å²) in [5.41, 5.74) is 0. The Labute approximate surface area is 93.4 Å². The van der Waals surface area contributed by atoms with Crippen LogP contribution >= 0.6 is 0 Å². The molecule has 0 aromatic heterocycles. The number of hydrogen-bond acceptors (Lipinski definition) is 4. The Morgan fingerprint density at radius 2 is 1.69 bits per heavy atom. The van der Waals surface area contributed by atoms with Crippen LogP contribution in [0.3, 0.4) is 0 Å². The Morgan fingerprint density at radius 3 is 2.06 bits per heavy atom. The van der Waals surface area contributed by atoms with Gasteiger partial charge in [-0.1, -0.05) is 12.8 Å². The first-order chi connectivity index (χ1) is 7.54. The van der Waals surface area contributed by atoms with Crippen molar-refractivity contribution in [2.45, 2.75) is 38.6 Å². The highest BCUT2D eigenvalue weighted by Crippen LogP contribution is 2.38. The van der Waals surface area contributed by atoms with Gasteiger partial charge in [0.2, 0.25) is 11.8 Å². The lowest BCUT2D eigenvalue weighted by Gasteiger charge is -2.23. The van der Waals surface area contributed by atoms with Crippen molar-refractivity contribution >= 4 is 17.8 Å². The lowest BCUT2D eigenvalue weighted by atomic mass is 9.81. The number of nitrogens with zero attached hydrogens (tertiary/aromatic N) is 1. The van der Waals surface area contributed by atoms with Crippen LogP contribution in [0.2, 0.25) is 0 Å². The molecule has 88 valence electrons. The molecule has 0 aromatic carbocycles. The van der Waals surface area contributed by atoms with Crippen LogP contribution < -0.4 is 5.11 Å². The van der Waals surface area contributed by atoms with Crippen LogP contribution in [0.4, 0.5) is 0 Å². The molecule has 0 bridgehead atoms. The fourth-order valence-corrected chi connectivity index (χ4v) is 2.68. The molecule has 2 aliphatic rings. The first-order valence-electron chi connectivity index (χ1n) is 5.62. The predicted molar refractivity (Wildman–Crippen MR) is 51.8 cm³/mol. The van der Waals surface area contributed by atoms with Crippen molar-refractivity contribution in [1.29, 1.82) is 0 Å². The number of rotatable bonds is 2. The fraction of sp³-hybridized carbons (Fsp3) is 0.727. The predicted octanol–water partition coefficient (Wildman–Crippen LogP) is -0.700. The normalized spacial score (nSPS) is 31.4. The Bertz CT molecular complexity index is 328. The molecule has 2 amide bonds. The number of amides is 2. The zero-order valence-corrected chi connectivity index (χ0v) is 9.14. The summed E-state index contributed by atoms with van der Waals surface area (Å²) in [6.07, 6.45) is 3.28. The van der Waals surface area contributed by atoms with Crippen molar-refractivity contribution in [2.75, 3.05) is 0 Å². The van der Waals surface area contributed by atoms with Gasteiger partial charge in [0, 0.05) is 0 Å². The van der Waals surface area contributed by atoms with Gasteiger partial charge in [-0.3, -0.25) is 14.5 Å². The number of carboxylic acid groups (broad SMARTS) is 1. The van der Waals surface area contributed by atoms with Crippen molar-refractivity contribution in [2.24, 2.45) is 11.8 Å². The van der Waals surface area contributed by atoms with Gasteiger partial charge in [-0.15, -0.1) is 0 Å². The third kappa shape index (κ3) is 1.50. The van der Waals surface area contributed by atoms with Crippen LogP contribution in [-0.4, -0.2) is 28.7 Å². The summed E-state index contributed by atoms with van der Waals surface area (Å²) >= 11 is 0. The zero-order valence-electron chi connectivity index (χ0n) is 9.14. The topological polar surface area (TPSA) is 77.5 Å². The second kappa shape index (κ2) is 3.88. The standard InChI is InChI=1S/C11H15NO4/c1-6(11(15)16)12-9(13)7-4-2-3-5-8(7)10(12)14/h6-8H,2-5H2,1H3,(H,15,16)/p-1. The molecule has 1 saturated heterocycles. The van der Waals surface area contributed by atoms with Gasteiger partial charge in [-0.05, 0) is 19.8 Å². The molecular weight excluding hydrogens is 210 g/mol. The van der Waals surface area contributed by atoms with Crippen LogP contribution in [0.25, 0.3) is 0 Å². The first kappa shape index (κ1) is 11.1. The molecule has 3 atom stereocenters. The van der Waals surface area contributed by atoms with Crippen molar-refractivity contribution in [3.05, 3.63) is 0 Å². The van der Waals surface area contributed by atoms with Gasteiger partial charge in [0.1, 0.15) is 0 Å². The molecular formula is C11H14NO4-. The molecule has 0 radical (unpaired) electrons. The highest BCUT2D eigenvalue weighted by molar-refractivity contribution is 6.07. The third-order valence-corrected chi connectivity index (χ3v) is 3.60. The molecule has 3 unspecified atom stereocenters. The number of carboxylic acids is 1. The van der Waals surface area contributed by atoms with Gasteiger partial charge in [-0.2, -0.15) is 0 Å². The zero-order chi connectivity index (χ0) is 11.9. The highest BCUT2D eigenvalue weighted by Gasteiger charge is 2.49. The van der Waals surface area contributed by atoms with Crippen LogP contribution in [-0.2, 0) is 14.4 Å². The van der Waals surface area contributed by atoms with Crippen LogP contribution in [0, 0.1) is 11.8 Å². The molecule has 1 heterocycles. The van der Waals surface area contributed by atoms with E-state index in [1.807, 2.05) is 0 Å². The molecule has 0 aromatic rings. The Hall–Kier alpha value is -1.39. The third-order valence-electron chi connectivity index (χ3n) is 3.60. The average molecular weight is 224 g/mol. The summed E-state index contributed by atoms with van der Waals surface area (Å²) in [5, 5.41) is 10.7. The average Bonchev–Trinajstić information content (AvgIpc) is 2.52. The minimum atomic E-state index is -1.37. The second-order valence-electron chi connectivity index (χ2n) is 4.54. The van der Waals surface area contributed by atoms with E-state index in [1.165, 1.54) is 6.92 Å². The molecule has 2 rings (SSSR count). The van der Waals surface area contributed by atoms with E-state index < -0.39 is 12.0 Å². The number of imide groups is 1. The molecule has 1 aliphatic carbocycles. The Morgan fingerprint density at radius 1 is 1.25 bits per heavy atom. The van der Waals surface area contributed by atoms with E-state index >= 15 is 0 Å². The second-order valence-corrected chi connectivity index (χ2v) is 4.54. The number of fused-ring (bicyclic) bond motifs is 1. The summed E-state index contributed by atoms with van der Waals surface area (Å²) in [6.45, 7) is 1.32. The number of hydrogen-bond donors (Lipinski definition) is 0. The molecule has 0 spiro atoms. The van der Waals surface area contributed by atoms with E-state index in [1.54, 1.807) is 0 Å². The van der Waals surface area contributed by atoms with Crippen LogP contribution in [0.1, 0.15) is 32.6 Å². The number of carbonyl (C=O) groups is 3. The van der Waals surface area contributed by atoms with Gasteiger partial charge in [0.05, 0.1) is 23.8 Å². The highest BCUT2D eigenvalue weighted by atomic mass is 16.4. The lowest BCUT2D eigenvalue weighted by Crippen LogP contribution is -2.49. The summed E-state index contributed by atoms with van der Waals surface area (Å²) in [5.74, 6) is -2.61. The molecule has 2 fully saturated rings. The van der Waals surface area contributed by atoms with Crippen molar-refractivity contribution in [1.82, 2.24) is 4.90 Å². The van der Waals surface area contributed by atoms with Gasteiger partial charge in [0.15, 0.2) is 0 Å². The van der Waals surface area contributed by atoms with Gasteiger partial charge >= 0.3 is 0 Å². The lowest BCUT2D eigenvalue weighted by molar-refractivity contribution is -0.310. The molecule has 16 heavy (non-hydrogen) atoms. The van der Waals surface area contributed by atoms with E-state index in [9.17, 15) is 19.5 Å². The molecule has 0 N–H and O–H groups in total. The smallest absolute Gasteiger partial charge is 0.233 e. The minimum absolute atomic E-state index is 0.289. The van der Waals surface area contributed by atoms with E-state index in [2.05, 4.69) is 0 Å². The maximum Gasteiger partial charge on any atom is 0.233 e. The van der Waals surface area contributed by atoms with Gasteiger partial charge in [-0.25, -0.2) is 0 Å². The molecule has 1 saturated carbocycles. The quantitative estimate of drug-likeness (QED) is 0.581. The van der Waals surface area contributed by atoms with Crippen LogP contribution in [0.15, 0.2) is 0 Å². The minimum Gasteiger partial charge on any atom is -0.548 e. The van der Waals surface area contributed by atoms with E-state index in [-0.39, 0.29) is 23.7 Å². The van der Waals surface area contributed by atoms with E-state index in [0.717, 1.165) is 17.7 Å². The number of carbonyl (C=O) groups excluding carboxylic acids is 3. The fourth-order valence-electron chi connectivity index (χ4n) is 2.68. The number of aliphatic carboxylic acids is 1. The van der Waals surface area contributed by atoms with Crippen molar-refractivity contribution in [3.63, 3.8) is 0 Å². The Kier molecular flexibility index (Phi) is 2.69. The summed E-state index contributed by atoms with van der Waals surface area (Å²) < 4.78 is 0. The molecule has 5 nitrogen and oxygen atoms in total. The summed E-state index contributed by atoms with van der Waals surface area (Å²) in [7, 11) is 0. The Balaban J connectivity index is 2.25.